The van der Waals surface area contributed by atoms with Crippen LogP contribution < -0.4 is 4.74 Å². The van der Waals surface area contributed by atoms with Crippen LogP contribution in [-0.2, 0) is 13.0 Å². The fourth-order valence-corrected chi connectivity index (χ4v) is 2.59. The van der Waals surface area contributed by atoms with Crippen molar-refractivity contribution >= 4 is 5.71 Å². The standard InChI is InChI=1S/C17H16FNO2/c18-16-6-2-1-4-13(16)11-21-14-9-8-12-5-3-7-17(19-20)15(12)10-14/h1-2,4,6,8-10,20H,3,5,7,11H2/b19-17-. The number of rotatable bonds is 3. The Kier molecular flexibility index (Phi) is 3.86. The Bertz CT molecular complexity index is 682. The number of oxime groups is 1. The van der Waals surface area contributed by atoms with Crippen molar-refractivity contribution in [2.45, 2.75) is 25.9 Å². The van der Waals surface area contributed by atoms with Gasteiger partial charge in [-0.15, -0.1) is 0 Å². The highest BCUT2D eigenvalue weighted by molar-refractivity contribution is 6.02. The maximum absolute atomic E-state index is 13.6. The average Bonchev–Trinajstić information content (AvgIpc) is 2.53. The van der Waals surface area contributed by atoms with Crippen molar-refractivity contribution in [2.75, 3.05) is 0 Å². The Labute approximate surface area is 122 Å². The van der Waals surface area contributed by atoms with Crippen LogP contribution in [0.5, 0.6) is 5.75 Å². The Morgan fingerprint density at radius 2 is 2.00 bits per heavy atom. The summed E-state index contributed by atoms with van der Waals surface area (Å²) in [7, 11) is 0. The number of ether oxygens (including phenoxy) is 1. The van der Waals surface area contributed by atoms with E-state index in [4.69, 9.17) is 9.94 Å². The van der Waals surface area contributed by atoms with E-state index in [0.29, 0.717) is 17.0 Å². The van der Waals surface area contributed by atoms with Gasteiger partial charge in [0, 0.05) is 11.1 Å². The Morgan fingerprint density at radius 1 is 1.14 bits per heavy atom. The van der Waals surface area contributed by atoms with E-state index in [9.17, 15) is 4.39 Å². The maximum Gasteiger partial charge on any atom is 0.129 e. The number of halogens is 1. The molecule has 21 heavy (non-hydrogen) atoms. The first-order valence-corrected chi connectivity index (χ1v) is 6.98. The van der Waals surface area contributed by atoms with Crippen LogP contribution in [0.3, 0.4) is 0 Å². The number of fused-ring (bicyclic) bond motifs is 1. The molecule has 3 rings (SSSR count). The molecule has 0 aliphatic heterocycles. The molecule has 1 N–H and O–H groups in total. The molecule has 1 aliphatic rings. The smallest absolute Gasteiger partial charge is 0.129 e. The van der Waals surface area contributed by atoms with Gasteiger partial charge in [-0.25, -0.2) is 4.39 Å². The normalized spacial score (nSPS) is 15.8. The summed E-state index contributed by atoms with van der Waals surface area (Å²) in [5, 5.41) is 12.4. The average molecular weight is 285 g/mol. The molecule has 0 fully saturated rings. The predicted molar refractivity (Wildman–Crippen MR) is 78.4 cm³/mol. The number of hydrogen-bond acceptors (Lipinski definition) is 3. The van der Waals surface area contributed by atoms with Crippen LogP contribution in [0.25, 0.3) is 0 Å². The molecule has 0 radical (unpaired) electrons. The summed E-state index contributed by atoms with van der Waals surface area (Å²) in [6.45, 7) is 0.178. The minimum absolute atomic E-state index is 0.178. The van der Waals surface area contributed by atoms with E-state index in [2.05, 4.69) is 5.16 Å². The maximum atomic E-state index is 13.6. The summed E-state index contributed by atoms with van der Waals surface area (Å²) < 4.78 is 19.2. The minimum atomic E-state index is -0.270. The Balaban J connectivity index is 1.80. The lowest BCUT2D eigenvalue weighted by molar-refractivity contribution is 0.299. The molecule has 0 amide bonds. The van der Waals surface area contributed by atoms with Crippen molar-refractivity contribution in [3.8, 4) is 5.75 Å². The quantitative estimate of drug-likeness (QED) is 0.686. The summed E-state index contributed by atoms with van der Waals surface area (Å²) in [5.74, 6) is 0.383. The van der Waals surface area contributed by atoms with Gasteiger partial charge in [0.1, 0.15) is 18.2 Å². The van der Waals surface area contributed by atoms with Gasteiger partial charge in [-0.3, -0.25) is 0 Å². The third kappa shape index (κ3) is 2.89. The van der Waals surface area contributed by atoms with Crippen molar-refractivity contribution in [1.29, 1.82) is 0 Å². The number of benzene rings is 2. The lowest BCUT2D eigenvalue weighted by atomic mass is 9.90. The van der Waals surface area contributed by atoms with Gasteiger partial charge in [-0.2, -0.15) is 0 Å². The molecule has 0 spiro atoms. The molecular weight excluding hydrogens is 269 g/mol. The lowest BCUT2D eigenvalue weighted by Gasteiger charge is -2.18. The van der Waals surface area contributed by atoms with Gasteiger partial charge >= 0.3 is 0 Å². The molecule has 0 saturated heterocycles. The van der Waals surface area contributed by atoms with E-state index in [1.165, 1.54) is 6.07 Å². The largest absolute Gasteiger partial charge is 0.489 e. The molecule has 4 heteroatoms. The molecule has 1 aliphatic carbocycles. The van der Waals surface area contributed by atoms with E-state index in [1.807, 2.05) is 18.2 Å². The highest BCUT2D eigenvalue weighted by atomic mass is 19.1. The Hall–Kier alpha value is -2.36. The predicted octanol–water partition coefficient (Wildman–Crippen LogP) is 3.92. The van der Waals surface area contributed by atoms with Gasteiger partial charge in [-0.05, 0) is 43.0 Å². The molecule has 0 atom stereocenters. The van der Waals surface area contributed by atoms with Crippen LogP contribution in [0.1, 0.15) is 29.5 Å². The minimum Gasteiger partial charge on any atom is -0.489 e. The second-order valence-electron chi connectivity index (χ2n) is 5.10. The molecule has 2 aromatic rings. The molecule has 0 saturated carbocycles. The molecule has 0 aromatic heterocycles. The van der Waals surface area contributed by atoms with E-state index in [-0.39, 0.29) is 12.4 Å². The van der Waals surface area contributed by atoms with Gasteiger partial charge in [0.05, 0.1) is 5.71 Å². The first-order valence-electron chi connectivity index (χ1n) is 6.98. The van der Waals surface area contributed by atoms with Gasteiger partial charge in [-0.1, -0.05) is 29.4 Å². The van der Waals surface area contributed by atoms with Crippen LogP contribution in [0.2, 0.25) is 0 Å². The lowest BCUT2D eigenvalue weighted by Crippen LogP contribution is -2.12. The van der Waals surface area contributed by atoms with Crippen LogP contribution in [0, 0.1) is 5.82 Å². The van der Waals surface area contributed by atoms with Gasteiger partial charge in [0.2, 0.25) is 0 Å². The second-order valence-corrected chi connectivity index (χ2v) is 5.10. The summed E-state index contributed by atoms with van der Waals surface area (Å²) in [6, 6.07) is 12.3. The summed E-state index contributed by atoms with van der Waals surface area (Å²) in [4.78, 5) is 0. The molecule has 2 aromatic carbocycles. The van der Waals surface area contributed by atoms with Crippen LogP contribution in [-0.4, -0.2) is 10.9 Å². The topological polar surface area (TPSA) is 41.8 Å². The molecule has 3 nitrogen and oxygen atoms in total. The van der Waals surface area contributed by atoms with Crippen molar-refractivity contribution in [2.24, 2.45) is 5.16 Å². The second kappa shape index (κ2) is 5.95. The van der Waals surface area contributed by atoms with Crippen molar-refractivity contribution in [1.82, 2.24) is 0 Å². The van der Waals surface area contributed by atoms with Crippen molar-refractivity contribution < 1.29 is 14.3 Å². The molecule has 0 unspecified atom stereocenters. The van der Waals surface area contributed by atoms with Crippen LogP contribution >= 0.6 is 0 Å². The third-order valence-corrected chi connectivity index (χ3v) is 3.72. The third-order valence-electron chi connectivity index (χ3n) is 3.72. The zero-order chi connectivity index (χ0) is 14.7. The number of nitrogens with zero attached hydrogens (tertiary/aromatic N) is 1. The number of aryl methyl sites for hydroxylation is 1. The SMILES string of the molecule is O/N=C1/CCCc2ccc(OCc3ccccc3F)cc21. The fourth-order valence-electron chi connectivity index (χ4n) is 2.59. The van der Waals surface area contributed by atoms with Gasteiger partial charge < -0.3 is 9.94 Å². The molecule has 0 bridgehead atoms. The first kappa shape index (κ1) is 13.6. The van der Waals surface area contributed by atoms with Crippen LogP contribution in [0.15, 0.2) is 47.6 Å². The zero-order valence-corrected chi connectivity index (χ0v) is 11.6. The van der Waals surface area contributed by atoms with Gasteiger partial charge in [0.15, 0.2) is 0 Å². The highest BCUT2D eigenvalue weighted by Gasteiger charge is 2.16. The molecule has 108 valence electrons. The Morgan fingerprint density at radius 3 is 2.81 bits per heavy atom. The molecular formula is C17H16FNO2. The summed E-state index contributed by atoms with van der Waals surface area (Å²) >= 11 is 0. The van der Waals surface area contributed by atoms with Crippen LogP contribution in [0.4, 0.5) is 4.39 Å². The van der Waals surface area contributed by atoms with Crippen molar-refractivity contribution in [3.63, 3.8) is 0 Å². The van der Waals surface area contributed by atoms with E-state index < -0.39 is 0 Å². The first-order chi connectivity index (χ1) is 10.3. The summed E-state index contributed by atoms with van der Waals surface area (Å²) in [5.41, 5.74) is 3.29. The molecule has 0 heterocycles. The van der Waals surface area contributed by atoms with E-state index in [0.717, 1.165) is 30.4 Å². The highest BCUT2D eigenvalue weighted by Crippen LogP contribution is 2.26. The fraction of sp³-hybridized carbons (Fsp3) is 0.235. The van der Waals surface area contributed by atoms with E-state index in [1.54, 1.807) is 18.2 Å². The zero-order valence-electron chi connectivity index (χ0n) is 11.6. The van der Waals surface area contributed by atoms with E-state index >= 15 is 0 Å². The summed E-state index contributed by atoms with van der Waals surface area (Å²) in [6.07, 6.45) is 2.73. The van der Waals surface area contributed by atoms with Gasteiger partial charge in [0.25, 0.3) is 0 Å². The number of hydrogen-bond donors (Lipinski definition) is 1. The van der Waals surface area contributed by atoms with Crippen molar-refractivity contribution in [3.05, 3.63) is 65.0 Å². The monoisotopic (exact) mass is 285 g/mol.